The van der Waals surface area contributed by atoms with Gasteiger partial charge in [0.25, 0.3) is 0 Å². The maximum atomic E-state index is 11.2. The lowest BCUT2D eigenvalue weighted by atomic mass is 10.1. The van der Waals surface area contributed by atoms with Crippen LogP contribution >= 0.6 is 0 Å². The lowest BCUT2D eigenvalue weighted by Gasteiger charge is -2.09. The summed E-state index contributed by atoms with van der Waals surface area (Å²) in [5.74, 6) is 0.0881. The lowest BCUT2D eigenvalue weighted by molar-refractivity contribution is 0.0593. The SMILES string of the molecule is COC(=O)c1cnc(Nc2ccc(C)cc2C)cn1. The molecule has 0 aliphatic carbocycles. The first-order valence-electron chi connectivity index (χ1n) is 5.85. The Morgan fingerprint density at radius 1 is 1.21 bits per heavy atom. The van der Waals surface area contributed by atoms with E-state index in [9.17, 15) is 4.79 Å². The third kappa shape index (κ3) is 3.07. The van der Waals surface area contributed by atoms with E-state index in [0.29, 0.717) is 5.82 Å². The van der Waals surface area contributed by atoms with E-state index in [1.165, 1.54) is 25.1 Å². The van der Waals surface area contributed by atoms with Crippen molar-refractivity contribution in [1.29, 1.82) is 0 Å². The first-order chi connectivity index (χ1) is 9.10. The molecule has 2 rings (SSSR count). The molecule has 0 saturated carbocycles. The fourth-order valence-corrected chi connectivity index (χ4v) is 1.69. The topological polar surface area (TPSA) is 64.1 Å². The Morgan fingerprint density at radius 2 is 2.00 bits per heavy atom. The second kappa shape index (κ2) is 5.48. The fourth-order valence-electron chi connectivity index (χ4n) is 1.69. The molecular weight excluding hydrogens is 242 g/mol. The van der Waals surface area contributed by atoms with E-state index in [0.717, 1.165) is 11.3 Å². The minimum absolute atomic E-state index is 0.189. The maximum Gasteiger partial charge on any atom is 0.358 e. The Labute approximate surface area is 111 Å². The summed E-state index contributed by atoms with van der Waals surface area (Å²) < 4.78 is 4.56. The number of ether oxygens (including phenoxy) is 1. The third-order valence-electron chi connectivity index (χ3n) is 2.69. The normalized spacial score (nSPS) is 10.1. The highest BCUT2D eigenvalue weighted by Gasteiger charge is 2.07. The number of hydrogen-bond acceptors (Lipinski definition) is 5. The van der Waals surface area contributed by atoms with Gasteiger partial charge >= 0.3 is 5.97 Å². The number of nitrogens with one attached hydrogen (secondary N) is 1. The number of hydrogen-bond donors (Lipinski definition) is 1. The van der Waals surface area contributed by atoms with Crippen LogP contribution in [0.5, 0.6) is 0 Å². The summed E-state index contributed by atoms with van der Waals surface area (Å²) in [6.07, 6.45) is 2.89. The van der Waals surface area contributed by atoms with E-state index >= 15 is 0 Å². The van der Waals surface area contributed by atoms with Crippen molar-refractivity contribution in [2.45, 2.75) is 13.8 Å². The molecule has 0 aliphatic rings. The first kappa shape index (κ1) is 13.0. The number of anilines is 2. The number of benzene rings is 1. The summed E-state index contributed by atoms with van der Waals surface area (Å²) in [5, 5.41) is 3.16. The van der Waals surface area contributed by atoms with Crippen LogP contribution in [-0.4, -0.2) is 23.0 Å². The van der Waals surface area contributed by atoms with Crippen molar-refractivity contribution in [2.24, 2.45) is 0 Å². The van der Waals surface area contributed by atoms with Crippen molar-refractivity contribution in [3.05, 3.63) is 47.4 Å². The third-order valence-corrected chi connectivity index (χ3v) is 2.69. The van der Waals surface area contributed by atoms with Crippen LogP contribution in [0.3, 0.4) is 0 Å². The number of methoxy groups -OCH3 is 1. The highest BCUT2D eigenvalue weighted by Crippen LogP contribution is 2.19. The fraction of sp³-hybridized carbons (Fsp3) is 0.214. The molecule has 1 heterocycles. The summed E-state index contributed by atoms with van der Waals surface area (Å²) in [5.41, 5.74) is 3.48. The standard InChI is InChI=1S/C14H15N3O2/c1-9-4-5-11(10(2)6-9)17-13-8-15-12(7-16-13)14(18)19-3/h4-8H,1-3H3,(H,16,17). The summed E-state index contributed by atoms with van der Waals surface area (Å²) in [6, 6.07) is 6.09. The zero-order valence-electron chi connectivity index (χ0n) is 11.1. The van der Waals surface area contributed by atoms with E-state index in [4.69, 9.17) is 0 Å². The van der Waals surface area contributed by atoms with Gasteiger partial charge in [0.1, 0.15) is 5.82 Å². The van der Waals surface area contributed by atoms with Gasteiger partial charge in [-0.1, -0.05) is 17.7 Å². The van der Waals surface area contributed by atoms with Crippen molar-refractivity contribution in [3.63, 3.8) is 0 Å². The van der Waals surface area contributed by atoms with E-state index in [1.807, 2.05) is 26.0 Å². The van der Waals surface area contributed by atoms with Gasteiger partial charge in [0.15, 0.2) is 5.69 Å². The average Bonchev–Trinajstić information content (AvgIpc) is 2.42. The van der Waals surface area contributed by atoms with Crippen molar-refractivity contribution < 1.29 is 9.53 Å². The molecule has 98 valence electrons. The number of esters is 1. The van der Waals surface area contributed by atoms with E-state index in [-0.39, 0.29) is 5.69 Å². The molecule has 2 aromatic rings. The Balaban J connectivity index is 2.17. The van der Waals surface area contributed by atoms with E-state index < -0.39 is 5.97 Å². The largest absolute Gasteiger partial charge is 0.464 e. The quantitative estimate of drug-likeness (QED) is 0.856. The summed E-state index contributed by atoms with van der Waals surface area (Å²) in [6.45, 7) is 4.06. The van der Waals surface area contributed by atoms with Crippen molar-refractivity contribution in [2.75, 3.05) is 12.4 Å². The molecule has 0 aliphatic heterocycles. The van der Waals surface area contributed by atoms with Gasteiger partial charge in [-0.3, -0.25) is 0 Å². The van der Waals surface area contributed by atoms with Crippen LogP contribution in [0.15, 0.2) is 30.6 Å². The first-order valence-corrected chi connectivity index (χ1v) is 5.85. The van der Waals surface area contributed by atoms with Crippen LogP contribution in [-0.2, 0) is 4.74 Å². The Bertz CT molecular complexity index is 594. The monoisotopic (exact) mass is 257 g/mol. The molecule has 19 heavy (non-hydrogen) atoms. The summed E-state index contributed by atoms with van der Waals surface area (Å²) >= 11 is 0. The smallest absolute Gasteiger partial charge is 0.358 e. The zero-order valence-corrected chi connectivity index (χ0v) is 11.1. The Morgan fingerprint density at radius 3 is 2.58 bits per heavy atom. The highest BCUT2D eigenvalue weighted by molar-refractivity contribution is 5.86. The molecule has 5 nitrogen and oxygen atoms in total. The van der Waals surface area contributed by atoms with Crippen LogP contribution in [0.1, 0.15) is 21.6 Å². The van der Waals surface area contributed by atoms with Gasteiger partial charge in [-0.05, 0) is 25.5 Å². The summed E-state index contributed by atoms with van der Waals surface area (Å²) in [7, 11) is 1.31. The molecule has 0 bridgehead atoms. The minimum Gasteiger partial charge on any atom is -0.464 e. The van der Waals surface area contributed by atoms with E-state index in [1.54, 1.807) is 0 Å². The van der Waals surface area contributed by atoms with Crippen molar-refractivity contribution in [3.8, 4) is 0 Å². The molecule has 0 spiro atoms. The summed E-state index contributed by atoms with van der Waals surface area (Å²) in [4.78, 5) is 19.4. The van der Waals surface area contributed by atoms with Gasteiger partial charge in [-0.25, -0.2) is 14.8 Å². The molecular formula is C14H15N3O2. The molecule has 0 saturated heterocycles. The van der Waals surface area contributed by atoms with Crippen molar-refractivity contribution in [1.82, 2.24) is 9.97 Å². The molecule has 0 radical (unpaired) electrons. The van der Waals surface area contributed by atoms with Gasteiger partial charge in [0.2, 0.25) is 0 Å². The van der Waals surface area contributed by atoms with Crippen LogP contribution in [0.25, 0.3) is 0 Å². The lowest BCUT2D eigenvalue weighted by Crippen LogP contribution is -2.06. The van der Waals surface area contributed by atoms with Gasteiger partial charge in [-0.2, -0.15) is 0 Å². The second-order valence-electron chi connectivity index (χ2n) is 4.22. The highest BCUT2D eigenvalue weighted by atomic mass is 16.5. The van der Waals surface area contributed by atoms with Crippen LogP contribution < -0.4 is 5.32 Å². The Hall–Kier alpha value is -2.43. The Kier molecular flexibility index (Phi) is 3.75. The van der Waals surface area contributed by atoms with Crippen molar-refractivity contribution >= 4 is 17.5 Å². The molecule has 5 heteroatoms. The van der Waals surface area contributed by atoms with Crippen LogP contribution in [0.4, 0.5) is 11.5 Å². The number of nitrogens with zero attached hydrogens (tertiary/aromatic N) is 2. The maximum absolute atomic E-state index is 11.2. The predicted molar refractivity (Wildman–Crippen MR) is 72.6 cm³/mol. The number of carbonyl (C=O) groups excluding carboxylic acids is 1. The number of carbonyl (C=O) groups is 1. The molecule has 1 aromatic heterocycles. The van der Waals surface area contributed by atoms with Crippen LogP contribution in [0.2, 0.25) is 0 Å². The number of aryl methyl sites for hydroxylation is 2. The van der Waals surface area contributed by atoms with Gasteiger partial charge in [0, 0.05) is 5.69 Å². The molecule has 0 amide bonds. The van der Waals surface area contributed by atoms with Gasteiger partial charge in [0.05, 0.1) is 19.5 Å². The molecule has 0 atom stereocenters. The van der Waals surface area contributed by atoms with Crippen LogP contribution in [0, 0.1) is 13.8 Å². The molecule has 0 unspecified atom stereocenters. The van der Waals surface area contributed by atoms with Gasteiger partial charge in [-0.15, -0.1) is 0 Å². The average molecular weight is 257 g/mol. The zero-order chi connectivity index (χ0) is 13.8. The predicted octanol–water partition coefficient (Wildman–Crippen LogP) is 2.62. The molecule has 1 aromatic carbocycles. The minimum atomic E-state index is -0.495. The second-order valence-corrected chi connectivity index (χ2v) is 4.22. The molecule has 1 N–H and O–H groups in total. The van der Waals surface area contributed by atoms with Gasteiger partial charge < -0.3 is 10.1 Å². The van der Waals surface area contributed by atoms with E-state index in [2.05, 4.69) is 26.1 Å². The molecule has 0 fully saturated rings. The number of rotatable bonds is 3. The number of aromatic nitrogens is 2.